The third kappa shape index (κ3) is 4.70. The van der Waals surface area contributed by atoms with Gasteiger partial charge in [-0.3, -0.25) is 0 Å². The highest BCUT2D eigenvalue weighted by Crippen LogP contribution is 2.25. The molecule has 22 heavy (non-hydrogen) atoms. The Kier molecular flexibility index (Phi) is 5.06. The minimum atomic E-state index is -0.451. The highest BCUT2D eigenvalue weighted by Gasteiger charge is 2.26. The molecular formula is C16H24ClN3O2. The van der Waals surface area contributed by atoms with E-state index < -0.39 is 5.60 Å². The minimum Gasteiger partial charge on any atom is -0.444 e. The van der Waals surface area contributed by atoms with E-state index >= 15 is 0 Å². The van der Waals surface area contributed by atoms with Crippen LogP contribution in [-0.2, 0) is 4.74 Å². The van der Waals surface area contributed by atoms with Crippen LogP contribution in [0.25, 0.3) is 0 Å². The Morgan fingerprint density at radius 3 is 2.55 bits per heavy atom. The zero-order chi connectivity index (χ0) is 16.3. The van der Waals surface area contributed by atoms with Crippen molar-refractivity contribution >= 4 is 29.1 Å². The van der Waals surface area contributed by atoms with Gasteiger partial charge in [-0.1, -0.05) is 11.6 Å². The fourth-order valence-corrected chi connectivity index (χ4v) is 2.57. The number of anilines is 2. The van der Waals surface area contributed by atoms with Crippen molar-refractivity contribution in [2.45, 2.75) is 45.3 Å². The number of likely N-dealkylation sites (tertiary alicyclic amines) is 1. The number of rotatable bonds is 2. The van der Waals surface area contributed by atoms with Crippen molar-refractivity contribution in [1.29, 1.82) is 0 Å². The maximum absolute atomic E-state index is 12.0. The normalized spacial score (nSPS) is 16.5. The van der Waals surface area contributed by atoms with E-state index in [-0.39, 0.29) is 6.09 Å². The molecular weight excluding hydrogens is 302 g/mol. The number of piperidine rings is 1. The zero-order valence-electron chi connectivity index (χ0n) is 13.4. The number of hydrogen-bond acceptors (Lipinski definition) is 4. The van der Waals surface area contributed by atoms with Gasteiger partial charge in [0.25, 0.3) is 0 Å². The lowest BCUT2D eigenvalue weighted by Crippen LogP contribution is -2.44. The van der Waals surface area contributed by atoms with Crippen LogP contribution in [-0.4, -0.2) is 35.7 Å². The molecule has 0 radical (unpaired) electrons. The van der Waals surface area contributed by atoms with Crippen LogP contribution >= 0.6 is 11.6 Å². The molecule has 1 saturated heterocycles. The summed E-state index contributed by atoms with van der Waals surface area (Å²) in [4.78, 5) is 13.8. The van der Waals surface area contributed by atoms with Crippen LogP contribution in [0.1, 0.15) is 33.6 Å². The third-order valence-corrected chi connectivity index (χ3v) is 3.85. The molecule has 0 atom stereocenters. The van der Waals surface area contributed by atoms with E-state index in [0.29, 0.717) is 29.8 Å². The topological polar surface area (TPSA) is 67.6 Å². The molecule has 6 heteroatoms. The van der Waals surface area contributed by atoms with Crippen LogP contribution in [0.2, 0.25) is 5.02 Å². The van der Waals surface area contributed by atoms with Crippen molar-refractivity contribution in [1.82, 2.24) is 4.90 Å². The summed E-state index contributed by atoms with van der Waals surface area (Å²) in [6.45, 7) is 7.02. The van der Waals surface area contributed by atoms with Crippen LogP contribution in [0.5, 0.6) is 0 Å². The first-order valence-corrected chi connectivity index (χ1v) is 7.92. The molecule has 2 rings (SSSR count). The first-order valence-electron chi connectivity index (χ1n) is 7.54. The minimum absolute atomic E-state index is 0.235. The van der Waals surface area contributed by atoms with E-state index in [4.69, 9.17) is 22.1 Å². The van der Waals surface area contributed by atoms with Crippen LogP contribution in [0.4, 0.5) is 16.2 Å². The Hall–Kier alpha value is -1.62. The number of nitrogens with zero attached hydrogens (tertiary/aromatic N) is 1. The van der Waals surface area contributed by atoms with Gasteiger partial charge in [-0.25, -0.2) is 4.79 Å². The number of carbonyl (C=O) groups excluding carboxylic acids is 1. The van der Waals surface area contributed by atoms with Gasteiger partial charge in [0.1, 0.15) is 5.60 Å². The largest absolute Gasteiger partial charge is 0.444 e. The van der Waals surface area contributed by atoms with E-state index in [1.54, 1.807) is 11.0 Å². The second kappa shape index (κ2) is 6.65. The van der Waals surface area contributed by atoms with E-state index in [2.05, 4.69) is 5.32 Å². The zero-order valence-corrected chi connectivity index (χ0v) is 14.1. The summed E-state index contributed by atoms with van der Waals surface area (Å²) >= 11 is 6.02. The number of carbonyl (C=O) groups is 1. The number of ether oxygens (including phenoxy) is 1. The molecule has 0 spiro atoms. The van der Waals surface area contributed by atoms with Gasteiger partial charge in [-0.05, 0) is 51.8 Å². The Morgan fingerprint density at radius 1 is 1.36 bits per heavy atom. The Bertz CT molecular complexity index is 535. The Balaban J connectivity index is 1.84. The lowest BCUT2D eigenvalue weighted by molar-refractivity contribution is 0.0210. The quantitative estimate of drug-likeness (QED) is 0.813. The fraction of sp³-hybridized carbons (Fsp3) is 0.562. The molecule has 1 heterocycles. The van der Waals surface area contributed by atoms with Gasteiger partial charge < -0.3 is 20.7 Å². The van der Waals surface area contributed by atoms with Gasteiger partial charge in [0.05, 0.1) is 10.7 Å². The number of nitrogen functional groups attached to an aromatic ring is 1. The summed E-state index contributed by atoms with van der Waals surface area (Å²) < 4.78 is 5.39. The van der Waals surface area contributed by atoms with Crippen LogP contribution < -0.4 is 11.1 Å². The maximum atomic E-state index is 12.0. The van der Waals surface area contributed by atoms with Crippen molar-refractivity contribution < 1.29 is 9.53 Å². The van der Waals surface area contributed by atoms with E-state index in [9.17, 15) is 4.79 Å². The van der Waals surface area contributed by atoms with Crippen LogP contribution in [0, 0.1) is 0 Å². The lowest BCUT2D eigenvalue weighted by atomic mass is 10.0. The highest BCUT2D eigenvalue weighted by atomic mass is 35.5. The summed E-state index contributed by atoms with van der Waals surface area (Å²) in [5.41, 5.74) is 6.78. The second-order valence-electron chi connectivity index (χ2n) is 6.62. The molecule has 1 aromatic carbocycles. The van der Waals surface area contributed by atoms with Crippen molar-refractivity contribution in [2.75, 3.05) is 24.1 Å². The highest BCUT2D eigenvalue weighted by molar-refractivity contribution is 6.33. The summed E-state index contributed by atoms with van der Waals surface area (Å²) in [6, 6.07) is 5.86. The third-order valence-electron chi connectivity index (χ3n) is 3.52. The van der Waals surface area contributed by atoms with Crippen molar-refractivity contribution in [2.24, 2.45) is 0 Å². The number of nitrogens with one attached hydrogen (secondary N) is 1. The van der Waals surface area contributed by atoms with Gasteiger partial charge in [0.2, 0.25) is 0 Å². The van der Waals surface area contributed by atoms with Gasteiger partial charge in [0, 0.05) is 24.8 Å². The molecule has 1 fully saturated rings. The SMILES string of the molecule is CC(C)(C)OC(=O)N1CCC(Nc2ccc(N)c(Cl)c2)CC1. The van der Waals surface area contributed by atoms with E-state index in [1.807, 2.05) is 32.9 Å². The smallest absolute Gasteiger partial charge is 0.410 e. The summed E-state index contributed by atoms with van der Waals surface area (Å²) in [5, 5.41) is 3.99. The molecule has 0 saturated carbocycles. The van der Waals surface area contributed by atoms with Crippen molar-refractivity contribution in [3.05, 3.63) is 23.2 Å². The molecule has 0 unspecified atom stereocenters. The average Bonchev–Trinajstić information content (AvgIpc) is 2.42. The molecule has 5 nitrogen and oxygen atoms in total. The molecule has 0 aliphatic carbocycles. The van der Waals surface area contributed by atoms with Gasteiger partial charge in [-0.15, -0.1) is 0 Å². The Labute approximate surface area is 136 Å². The van der Waals surface area contributed by atoms with E-state index in [1.165, 1.54) is 0 Å². The lowest BCUT2D eigenvalue weighted by Gasteiger charge is -2.34. The number of nitrogens with two attached hydrogens (primary N) is 1. The monoisotopic (exact) mass is 325 g/mol. The summed E-state index contributed by atoms with van der Waals surface area (Å²) in [5.74, 6) is 0. The van der Waals surface area contributed by atoms with E-state index in [0.717, 1.165) is 18.5 Å². The first-order chi connectivity index (χ1) is 10.2. The Morgan fingerprint density at radius 2 is 2.00 bits per heavy atom. The molecule has 3 N–H and O–H groups in total. The molecule has 1 amide bonds. The van der Waals surface area contributed by atoms with Gasteiger partial charge in [-0.2, -0.15) is 0 Å². The van der Waals surface area contributed by atoms with Crippen LogP contribution in [0.3, 0.4) is 0 Å². The fourth-order valence-electron chi connectivity index (χ4n) is 2.39. The molecule has 0 aromatic heterocycles. The van der Waals surface area contributed by atoms with Crippen molar-refractivity contribution in [3.8, 4) is 0 Å². The van der Waals surface area contributed by atoms with Gasteiger partial charge >= 0.3 is 6.09 Å². The molecule has 1 aliphatic rings. The number of amides is 1. The second-order valence-corrected chi connectivity index (χ2v) is 7.03. The first kappa shape index (κ1) is 16.7. The number of benzene rings is 1. The molecule has 1 aliphatic heterocycles. The summed E-state index contributed by atoms with van der Waals surface area (Å²) in [7, 11) is 0. The number of halogens is 1. The molecule has 122 valence electrons. The van der Waals surface area contributed by atoms with Crippen LogP contribution in [0.15, 0.2) is 18.2 Å². The molecule has 1 aromatic rings. The average molecular weight is 326 g/mol. The van der Waals surface area contributed by atoms with Crippen molar-refractivity contribution in [3.63, 3.8) is 0 Å². The van der Waals surface area contributed by atoms with Gasteiger partial charge in [0.15, 0.2) is 0 Å². The molecule has 0 bridgehead atoms. The standard InChI is InChI=1S/C16H24ClN3O2/c1-16(2,3)22-15(21)20-8-6-11(7-9-20)19-12-4-5-14(18)13(17)10-12/h4-5,10-11,19H,6-9,18H2,1-3H3. The maximum Gasteiger partial charge on any atom is 0.410 e. The summed E-state index contributed by atoms with van der Waals surface area (Å²) in [6.07, 6.45) is 1.52. The number of hydrogen-bond donors (Lipinski definition) is 2. The predicted octanol–water partition coefficient (Wildman–Crippen LogP) is 3.73. The predicted molar refractivity (Wildman–Crippen MR) is 90.3 cm³/mol.